The highest BCUT2D eigenvalue weighted by Gasteiger charge is 2.32. The van der Waals surface area contributed by atoms with Gasteiger partial charge in [-0.15, -0.1) is 0 Å². The van der Waals surface area contributed by atoms with Crippen molar-refractivity contribution in [3.8, 4) is 0 Å². The molecular formula is C18H26N2O6S. The Hall–Kier alpha value is -1.97. The van der Waals surface area contributed by atoms with Crippen LogP contribution in [0.25, 0.3) is 0 Å². The number of carboxylic acids is 1. The summed E-state index contributed by atoms with van der Waals surface area (Å²) in [6.45, 7) is 5.96. The first-order valence-corrected chi connectivity index (χ1v) is 10.3. The van der Waals surface area contributed by atoms with Crippen molar-refractivity contribution in [2.45, 2.75) is 56.8 Å². The number of nitrogens with one attached hydrogen (secondary N) is 1. The van der Waals surface area contributed by atoms with E-state index >= 15 is 0 Å². The second kappa shape index (κ2) is 8.81. The minimum absolute atomic E-state index is 0.0327. The Bertz CT molecular complexity index is 768. The van der Waals surface area contributed by atoms with E-state index in [0.29, 0.717) is 12.0 Å². The number of sulfonamides is 1. The van der Waals surface area contributed by atoms with Crippen molar-refractivity contribution in [3.05, 3.63) is 29.8 Å². The SMILES string of the molecule is CC(CCC(=O)O)NC(=O)c1ccc(S(=O)(=O)N2CC(C)OC(C)C2)cc1. The fraction of sp³-hybridized carbons (Fsp3) is 0.556. The van der Waals surface area contributed by atoms with E-state index < -0.39 is 16.0 Å². The molecule has 1 saturated heterocycles. The highest BCUT2D eigenvalue weighted by Crippen LogP contribution is 2.21. The Labute approximate surface area is 159 Å². The fourth-order valence-corrected chi connectivity index (χ4v) is 4.56. The summed E-state index contributed by atoms with van der Waals surface area (Å²) in [6, 6.07) is 5.45. The third-order valence-corrected chi connectivity index (χ3v) is 6.15. The molecule has 8 nitrogen and oxygen atoms in total. The van der Waals surface area contributed by atoms with E-state index in [1.54, 1.807) is 6.92 Å². The summed E-state index contributed by atoms with van der Waals surface area (Å²) in [7, 11) is -3.66. The molecule has 1 amide bonds. The Morgan fingerprint density at radius 1 is 1.22 bits per heavy atom. The lowest BCUT2D eigenvalue weighted by atomic mass is 10.1. The standard InChI is InChI=1S/C18H26N2O6S/c1-12(4-9-17(21)22)19-18(23)15-5-7-16(8-6-15)27(24,25)20-10-13(2)26-14(3)11-20/h5-8,12-14H,4,9-11H2,1-3H3,(H,19,23)(H,21,22). The molecule has 0 bridgehead atoms. The number of rotatable bonds is 7. The molecule has 2 N–H and O–H groups in total. The molecule has 0 saturated carbocycles. The Kier molecular flexibility index (Phi) is 6.96. The maximum absolute atomic E-state index is 12.8. The molecule has 1 aliphatic rings. The zero-order valence-electron chi connectivity index (χ0n) is 15.7. The van der Waals surface area contributed by atoms with Crippen LogP contribution in [-0.4, -0.2) is 61.0 Å². The van der Waals surface area contributed by atoms with Gasteiger partial charge in [0.15, 0.2) is 0 Å². The van der Waals surface area contributed by atoms with Gasteiger partial charge >= 0.3 is 5.97 Å². The Morgan fingerprint density at radius 3 is 2.30 bits per heavy atom. The van der Waals surface area contributed by atoms with E-state index in [4.69, 9.17) is 9.84 Å². The van der Waals surface area contributed by atoms with Crippen molar-refractivity contribution in [1.29, 1.82) is 0 Å². The number of benzene rings is 1. The van der Waals surface area contributed by atoms with E-state index in [1.807, 2.05) is 13.8 Å². The third kappa shape index (κ3) is 5.75. The summed E-state index contributed by atoms with van der Waals surface area (Å²) >= 11 is 0. The number of amides is 1. The summed E-state index contributed by atoms with van der Waals surface area (Å²) in [5.41, 5.74) is 0.319. The molecule has 2 rings (SSSR count). The average Bonchev–Trinajstić information content (AvgIpc) is 2.59. The first-order valence-electron chi connectivity index (χ1n) is 8.88. The van der Waals surface area contributed by atoms with Gasteiger partial charge in [0, 0.05) is 31.1 Å². The summed E-state index contributed by atoms with van der Waals surface area (Å²) in [4.78, 5) is 22.9. The first-order chi connectivity index (χ1) is 12.6. The molecule has 1 aliphatic heterocycles. The molecule has 1 fully saturated rings. The van der Waals surface area contributed by atoms with Crippen LogP contribution in [0.15, 0.2) is 29.2 Å². The molecule has 0 spiro atoms. The number of hydrogen-bond acceptors (Lipinski definition) is 5. The van der Waals surface area contributed by atoms with Gasteiger partial charge in [0.1, 0.15) is 0 Å². The molecule has 9 heteroatoms. The summed E-state index contributed by atoms with van der Waals surface area (Å²) in [5.74, 6) is -1.29. The normalized spacial score (nSPS) is 22.2. The third-order valence-electron chi connectivity index (χ3n) is 4.31. The van der Waals surface area contributed by atoms with Crippen LogP contribution >= 0.6 is 0 Å². The van der Waals surface area contributed by atoms with Crippen LogP contribution in [0.4, 0.5) is 0 Å². The number of carboxylic acid groups (broad SMARTS) is 1. The van der Waals surface area contributed by atoms with Crippen molar-refractivity contribution in [2.24, 2.45) is 0 Å². The molecule has 3 atom stereocenters. The van der Waals surface area contributed by atoms with Crippen molar-refractivity contribution >= 4 is 21.9 Å². The van der Waals surface area contributed by atoms with Crippen molar-refractivity contribution < 1.29 is 27.9 Å². The minimum atomic E-state index is -3.66. The zero-order valence-corrected chi connectivity index (χ0v) is 16.5. The lowest BCUT2D eigenvalue weighted by molar-refractivity contribution is -0.137. The van der Waals surface area contributed by atoms with Gasteiger partial charge in [-0.2, -0.15) is 4.31 Å². The van der Waals surface area contributed by atoms with Gasteiger partial charge in [0.2, 0.25) is 10.0 Å². The van der Waals surface area contributed by atoms with Gasteiger partial charge in [-0.3, -0.25) is 9.59 Å². The fourth-order valence-electron chi connectivity index (χ4n) is 2.97. The topological polar surface area (TPSA) is 113 Å². The number of ether oxygens (including phenoxy) is 1. The van der Waals surface area contributed by atoms with Gasteiger partial charge in [-0.05, 0) is 51.5 Å². The molecule has 0 radical (unpaired) electrons. The summed E-state index contributed by atoms with van der Waals surface area (Å²) in [5, 5.41) is 11.4. The van der Waals surface area contributed by atoms with Gasteiger partial charge < -0.3 is 15.2 Å². The quantitative estimate of drug-likeness (QED) is 0.719. The van der Waals surface area contributed by atoms with E-state index in [-0.39, 0.29) is 48.6 Å². The highest BCUT2D eigenvalue weighted by atomic mass is 32.2. The highest BCUT2D eigenvalue weighted by molar-refractivity contribution is 7.89. The van der Waals surface area contributed by atoms with E-state index in [2.05, 4.69) is 5.32 Å². The van der Waals surface area contributed by atoms with Gasteiger partial charge in [-0.25, -0.2) is 8.42 Å². The second-order valence-electron chi connectivity index (χ2n) is 6.91. The Morgan fingerprint density at radius 2 is 1.78 bits per heavy atom. The molecular weight excluding hydrogens is 372 g/mol. The lowest BCUT2D eigenvalue weighted by Gasteiger charge is -2.34. The molecule has 27 heavy (non-hydrogen) atoms. The van der Waals surface area contributed by atoms with Crippen molar-refractivity contribution in [3.63, 3.8) is 0 Å². The van der Waals surface area contributed by atoms with Crippen LogP contribution in [0.1, 0.15) is 44.0 Å². The number of hydrogen-bond donors (Lipinski definition) is 2. The van der Waals surface area contributed by atoms with Crippen LogP contribution < -0.4 is 5.32 Å². The molecule has 1 aromatic carbocycles. The molecule has 3 unspecified atom stereocenters. The van der Waals surface area contributed by atoms with E-state index in [0.717, 1.165) is 0 Å². The first kappa shape index (κ1) is 21.3. The van der Waals surface area contributed by atoms with Crippen molar-refractivity contribution in [2.75, 3.05) is 13.1 Å². The predicted molar refractivity (Wildman–Crippen MR) is 99.0 cm³/mol. The molecule has 0 aromatic heterocycles. The van der Waals surface area contributed by atoms with E-state index in [9.17, 15) is 18.0 Å². The van der Waals surface area contributed by atoms with Crippen LogP contribution in [-0.2, 0) is 19.6 Å². The largest absolute Gasteiger partial charge is 0.481 e. The molecule has 1 heterocycles. The molecule has 0 aliphatic carbocycles. The predicted octanol–water partition coefficient (Wildman–Crippen LogP) is 1.47. The number of morpholine rings is 1. The minimum Gasteiger partial charge on any atom is -0.481 e. The number of aliphatic carboxylic acids is 1. The molecule has 150 valence electrons. The number of nitrogens with zero attached hydrogens (tertiary/aromatic N) is 1. The zero-order chi connectivity index (χ0) is 20.2. The Balaban J connectivity index is 2.05. The lowest BCUT2D eigenvalue weighted by Crippen LogP contribution is -2.48. The number of carbonyl (C=O) groups is 2. The summed E-state index contributed by atoms with van der Waals surface area (Å²) in [6.07, 6.45) is -0.0719. The van der Waals surface area contributed by atoms with Crippen LogP contribution in [0.2, 0.25) is 0 Å². The van der Waals surface area contributed by atoms with Gasteiger partial charge in [0.25, 0.3) is 5.91 Å². The van der Waals surface area contributed by atoms with Gasteiger partial charge in [-0.1, -0.05) is 0 Å². The van der Waals surface area contributed by atoms with E-state index in [1.165, 1.54) is 28.6 Å². The smallest absolute Gasteiger partial charge is 0.303 e. The number of carbonyl (C=O) groups excluding carboxylic acids is 1. The summed E-state index contributed by atoms with van der Waals surface area (Å²) < 4.78 is 32.6. The second-order valence-corrected chi connectivity index (χ2v) is 8.85. The van der Waals surface area contributed by atoms with Crippen LogP contribution in [0.3, 0.4) is 0 Å². The maximum Gasteiger partial charge on any atom is 0.303 e. The van der Waals surface area contributed by atoms with Crippen LogP contribution in [0.5, 0.6) is 0 Å². The average molecular weight is 398 g/mol. The van der Waals surface area contributed by atoms with Gasteiger partial charge in [0.05, 0.1) is 17.1 Å². The van der Waals surface area contributed by atoms with Crippen LogP contribution in [0, 0.1) is 0 Å². The van der Waals surface area contributed by atoms with Crippen molar-refractivity contribution in [1.82, 2.24) is 9.62 Å². The monoisotopic (exact) mass is 398 g/mol. The maximum atomic E-state index is 12.8. The molecule has 1 aromatic rings.